The second-order valence-electron chi connectivity index (χ2n) is 7.72. The highest BCUT2D eigenvalue weighted by Gasteiger charge is 2.18. The summed E-state index contributed by atoms with van der Waals surface area (Å²) in [6, 6.07) is 20.0. The van der Waals surface area contributed by atoms with Crippen LogP contribution in [0.15, 0.2) is 72.8 Å². The van der Waals surface area contributed by atoms with Crippen molar-refractivity contribution < 1.29 is 23.8 Å². The van der Waals surface area contributed by atoms with Crippen molar-refractivity contribution in [1.82, 2.24) is 5.32 Å². The van der Waals surface area contributed by atoms with Crippen LogP contribution in [0.3, 0.4) is 0 Å². The van der Waals surface area contributed by atoms with Crippen molar-refractivity contribution in [2.24, 2.45) is 0 Å². The molecule has 2 N–H and O–H groups in total. The van der Waals surface area contributed by atoms with Crippen molar-refractivity contribution in [3.05, 3.63) is 89.5 Å². The Morgan fingerprint density at radius 2 is 1.74 bits per heavy atom. The van der Waals surface area contributed by atoms with E-state index in [9.17, 15) is 9.59 Å². The lowest BCUT2D eigenvalue weighted by molar-refractivity contribution is -0.111. The molecule has 7 heteroatoms. The second-order valence-corrected chi connectivity index (χ2v) is 7.72. The number of rotatable bonds is 7. The van der Waals surface area contributed by atoms with Gasteiger partial charge in [0.15, 0.2) is 11.5 Å². The minimum atomic E-state index is -0.370. The molecule has 7 nitrogen and oxygen atoms in total. The van der Waals surface area contributed by atoms with Crippen LogP contribution in [0.5, 0.6) is 17.2 Å². The molecule has 1 aliphatic heterocycles. The number of carbonyl (C=O) groups is 2. The number of amides is 2. The molecule has 4 rings (SSSR count). The van der Waals surface area contributed by atoms with Gasteiger partial charge in [-0.05, 0) is 48.4 Å². The molecule has 0 radical (unpaired) electrons. The highest BCUT2D eigenvalue weighted by molar-refractivity contribution is 6.07. The van der Waals surface area contributed by atoms with Gasteiger partial charge >= 0.3 is 0 Å². The van der Waals surface area contributed by atoms with E-state index in [-0.39, 0.29) is 17.9 Å². The third-order valence-electron chi connectivity index (χ3n) is 5.35. The quantitative estimate of drug-likeness (QED) is 0.505. The molecule has 0 saturated carbocycles. The first kappa shape index (κ1) is 22.9. The topological polar surface area (TPSA) is 85.9 Å². The predicted molar refractivity (Wildman–Crippen MR) is 130 cm³/mol. The molecule has 0 aliphatic carbocycles. The van der Waals surface area contributed by atoms with Crippen LogP contribution in [-0.4, -0.2) is 32.1 Å². The van der Waals surface area contributed by atoms with E-state index in [4.69, 9.17) is 14.2 Å². The summed E-state index contributed by atoms with van der Waals surface area (Å²) in [5.41, 5.74) is 2.52. The van der Waals surface area contributed by atoms with Gasteiger partial charge in [-0.25, -0.2) is 0 Å². The van der Waals surface area contributed by atoms with Gasteiger partial charge in [0.25, 0.3) is 5.91 Å². The lowest BCUT2D eigenvalue weighted by Crippen LogP contribution is -2.27. The first-order valence-corrected chi connectivity index (χ1v) is 11.0. The van der Waals surface area contributed by atoms with Crippen LogP contribution in [0.4, 0.5) is 5.69 Å². The number of nitrogens with one attached hydrogen (secondary N) is 2. The molecule has 1 heterocycles. The number of para-hydroxylation sites is 1. The summed E-state index contributed by atoms with van der Waals surface area (Å²) >= 11 is 0. The highest BCUT2D eigenvalue weighted by Crippen LogP contribution is 2.40. The zero-order valence-electron chi connectivity index (χ0n) is 19.0. The lowest BCUT2D eigenvalue weighted by atomic mass is 10.1. The summed E-state index contributed by atoms with van der Waals surface area (Å²) in [5, 5.41) is 5.77. The van der Waals surface area contributed by atoms with Crippen molar-refractivity contribution in [2.75, 3.05) is 25.6 Å². The van der Waals surface area contributed by atoms with Gasteiger partial charge in [0, 0.05) is 6.08 Å². The third kappa shape index (κ3) is 5.38. The van der Waals surface area contributed by atoms with Gasteiger partial charge in [0.1, 0.15) is 13.2 Å². The lowest BCUT2D eigenvalue weighted by Gasteiger charge is -2.20. The fourth-order valence-corrected chi connectivity index (χ4v) is 3.63. The largest absolute Gasteiger partial charge is 0.493 e. The smallest absolute Gasteiger partial charge is 0.253 e. The number of carbonyl (C=O) groups excluding carboxylic acids is 2. The van der Waals surface area contributed by atoms with Crippen molar-refractivity contribution in [3.63, 3.8) is 0 Å². The van der Waals surface area contributed by atoms with Crippen molar-refractivity contribution >= 4 is 23.6 Å². The first-order chi connectivity index (χ1) is 16.5. The van der Waals surface area contributed by atoms with Crippen LogP contribution in [0.1, 0.15) is 34.5 Å². The van der Waals surface area contributed by atoms with Gasteiger partial charge in [-0.2, -0.15) is 0 Å². The van der Waals surface area contributed by atoms with Crippen LogP contribution in [0.25, 0.3) is 6.08 Å². The normalized spacial score (nSPS) is 13.2. The summed E-state index contributed by atoms with van der Waals surface area (Å²) in [7, 11) is 1.55. The van der Waals surface area contributed by atoms with Gasteiger partial charge in [0.2, 0.25) is 11.7 Å². The first-order valence-electron chi connectivity index (χ1n) is 11.0. The number of hydrogen-bond acceptors (Lipinski definition) is 5. The van der Waals surface area contributed by atoms with Crippen molar-refractivity contribution in [1.29, 1.82) is 0 Å². The zero-order chi connectivity index (χ0) is 23.9. The zero-order valence-corrected chi connectivity index (χ0v) is 19.0. The SMILES string of the molecule is COc1cc(/C=C\C(=O)Nc2ccccc2C(=O)N[C@H](C)c2ccccc2)cc2c1OCCO2. The van der Waals surface area contributed by atoms with E-state index in [1.807, 2.05) is 37.3 Å². The fourth-order valence-electron chi connectivity index (χ4n) is 3.63. The summed E-state index contributed by atoms with van der Waals surface area (Å²) in [5.74, 6) is 1.02. The highest BCUT2D eigenvalue weighted by atomic mass is 16.6. The van der Waals surface area contributed by atoms with E-state index in [2.05, 4.69) is 10.6 Å². The molecular weight excluding hydrogens is 432 g/mol. The molecule has 3 aromatic carbocycles. The molecule has 1 atom stereocenters. The molecule has 0 fully saturated rings. The van der Waals surface area contributed by atoms with Crippen LogP contribution >= 0.6 is 0 Å². The van der Waals surface area contributed by atoms with Gasteiger partial charge in [-0.3, -0.25) is 9.59 Å². The molecule has 174 valence electrons. The number of methoxy groups -OCH3 is 1. The van der Waals surface area contributed by atoms with Gasteiger partial charge in [0.05, 0.1) is 24.4 Å². The van der Waals surface area contributed by atoms with Crippen molar-refractivity contribution in [3.8, 4) is 17.2 Å². The van der Waals surface area contributed by atoms with E-state index in [0.717, 1.165) is 11.1 Å². The van der Waals surface area contributed by atoms with Gasteiger partial charge in [-0.15, -0.1) is 0 Å². The fraction of sp³-hybridized carbons (Fsp3) is 0.185. The monoisotopic (exact) mass is 458 g/mol. The number of hydrogen-bond donors (Lipinski definition) is 2. The molecule has 2 amide bonds. The Hall–Kier alpha value is -4.26. The van der Waals surface area contributed by atoms with E-state index in [1.54, 1.807) is 49.6 Å². The minimum absolute atomic E-state index is 0.178. The second kappa shape index (κ2) is 10.6. The molecule has 0 bridgehead atoms. The Kier molecular flexibility index (Phi) is 7.13. The molecule has 1 aliphatic rings. The molecule has 3 aromatic rings. The number of benzene rings is 3. The summed E-state index contributed by atoms with van der Waals surface area (Å²) < 4.78 is 16.6. The molecule has 0 saturated heterocycles. The third-order valence-corrected chi connectivity index (χ3v) is 5.35. The maximum atomic E-state index is 12.9. The Bertz CT molecular complexity index is 1190. The summed E-state index contributed by atoms with van der Waals surface area (Å²) in [6.45, 7) is 2.82. The van der Waals surface area contributed by atoms with Gasteiger partial charge < -0.3 is 24.8 Å². The van der Waals surface area contributed by atoms with Gasteiger partial charge in [-0.1, -0.05) is 42.5 Å². The summed E-state index contributed by atoms with van der Waals surface area (Å²) in [4.78, 5) is 25.5. The Morgan fingerprint density at radius 3 is 2.53 bits per heavy atom. The average Bonchev–Trinajstić information content (AvgIpc) is 2.87. The maximum absolute atomic E-state index is 12.9. The molecule has 0 spiro atoms. The minimum Gasteiger partial charge on any atom is -0.493 e. The van der Waals surface area contributed by atoms with E-state index in [1.165, 1.54) is 6.08 Å². The Balaban J connectivity index is 1.46. The predicted octanol–water partition coefficient (Wildman–Crippen LogP) is 4.61. The van der Waals surface area contributed by atoms with E-state index in [0.29, 0.717) is 41.7 Å². The number of fused-ring (bicyclic) bond motifs is 1. The molecule has 0 aromatic heterocycles. The van der Waals surface area contributed by atoms with Crippen LogP contribution in [0.2, 0.25) is 0 Å². The van der Waals surface area contributed by atoms with Crippen LogP contribution in [0, 0.1) is 0 Å². The average molecular weight is 459 g/mol. The number of anilines is 1. The van der Waals surface area contributed by atoms with E-state index < -0.39 is 0 Å². The summed E-state index contributed by atoms with van der Waals surface area (Å²) in [6.07, 6.45) is 3.04. The molecular formula is C27H26N2O5. The van der Waals surface area contributed by atoms with Crippen LogP contribution in [-0.2, 0) is 4.79 Å². The Morgan fingerprint density at radius 1 is 1.00 bits per heavy atom. The molecule has 34 heavy (non-hydrogen) atoms. The molecule has 0 unspecified atom stereocenters. The Labute approximate surface area is 198 Å². The van der Waals surface area contributed by atoms with E-state index >= 15 is 0 Å². The maximum Gasteiger partial charge on any atom is 0.253 e. The van der Waals surface area contributed by atoms with Crippen molar-refractivity contribution in [2.45, 2.75) is 13.0 Å². The van der Waals surface area contributed by atoms with Crippen LogP contribution < -0.4 is 24.8 Å². The standard InChI is InChI=1S/C27H26N2O5/c1-18(20-8-4-3-5-9-20)28-27(31)21-10-6-7-11-22(21)29-25(30)13-12-19-16-23(32-2)26-24(17-19)33-14-15-34-26/h3-13,16-18H,14-15H2,1-2H3,(H,28,31)(H,29,30)/b13-12-/t18-/m1/s1. The number of ether oxygens (including phenoxy) is 3.